The Morgan fingerprint density at radius 2 is 2.60 bits per heavy atom. The van der Waals surface area contributed by atoms with Crippen LogP contribution in [-0.2, 0) is 4.79 Å². The summed E-state index contributed by atoms with van der Waals surface area (Å²) in [6.07, 6.45) is 1.66. The summed E-state index contributed by atoms with van der Waals surface area (Å²) in [5.74, 6) is 0. The first-order valence-corrected chi connectivity index (χ1v) is 3.93. The molecule has 0 bridgehead atoms. The lowest BCUT2D eigenvalue weighted by Gasteiger charge is -2.04. The van der Waals surface area contributed by atoms with Crippen LogP contribution in [0.15, 0.2) is 16.8 Å². The van der Waals surface area contributed by atoms with Crippen LogP contribution >= 0.6 is 11.3 Å². The van der Waals surface area contributed by atoms with Gasteiger partial charge in [-0.05, 0) is 29.3 Å². The fourth-order valence-corrected chi connectivity index (χ4v) is 1.45. The Labute approximate surface area is 63.9 Å². The molecule has 1 aromatic heterocycles. The molecule has 0 aromatic carbocycles. The van der Waals surface area contributed by atoms with E-state index >= 15 is 0 Å². The largest absolute Gasteiger partial charge is 0.341 e. The van der Waals surface area contributed by atoms with Crippen molar-refractivity contribution in [2.24, 2.45) is 0 Å². The highest BCUT2D eigenvalue weighted by atomic mass is 32.1. The molecule has 1 aromatic rings. The van der Waals surface area contributed by atoms with Crippen LogP contribution in [-0.4, -0.2) is 6.41 Å². The van der Waals surface area contributed by atoms with Crippen LogP contribution in [0.25, 0.3) is 0 Å². The van der Waals surface area contributed by atoms with E-state index in [-0.39, 0.29) is 6.04 Å². The number of hydrogen-bond donors (Lipinski definition) is 1. The minimum Gasteiger partial charge on any atom is -0.341 e. The minimum absolute atomic E-state index is 0.0868. The second kappa shape index (κ2) is 3.37. The molecular formula is C7H8NOS. The molecule has 0 saturated carbocycles. The van der Waals surface area contributed by atoms with Gasteiger partial charge in [0.05, 0.1) is 6.04 Å². The number of carbonyl (C=O) groups excluding carboxylic acids is 1. The first-order valence-electron chi connectivity index (χ1n) is 2.99. The molecule has 1 atom stereocenters. The zero-order valence-electron chi connectivity index (χ0n) is 5.63. The molecule has 1 unspecified atom stereocenters. The lowest BCUT2D eigenvalue weighted by molar-refractivity contribution is 0.530. The van der Waals surface area contributed by atoms with Gasteiger partial charge in [0, 0.05) is 0 Å². The molecule has 1 amide bonds. The summed E-state index contributed by atoms with van der Waals surface area (Å²) in [5, 5.41) is 6.54. The number of hydrogen-bond acceptors (Lipinski definition) is 2. The van der Waals surface area contributed by atoms with Gasteiger partial charge in [-0.25, -0.2) is 0 Å². The van der Waals surface area contributed by atoms with Crippen molar-refractivity contribution in [2.45, 2.75) is 13.0 Å². The summed E-state index contributed by atoms with van der Waals surface area (Å²) in [7, 11) is 0. The minimum atomic E-state index is 0.0868. The normalized spacial score (nSPS) is 12.5. The van der Waals surface area contributed by atoms with Crippen molar-refractivity contribution in [3.8, 4) is 0 Å². The van der Waals surface area contributed by atoms with Gasteiger partial charge in [0.15, 0.2) is 0 Å². The van der Waals surface area contributed by atoms with Gasteiger partial charge < -0.3 is 5.32 Å². The maximum absolute atomic E-state index is 9.88. The Balaban J connectivity index is 2.58. The highest BCUT2D eigenvalue weighted by molar-refractivity contribution is 7.07. The fourth-order valence-electron chi connectivity index (χ4n) is 0.693. The lowest BCUT2D eigenvalue weighted by Crippen LogP contribution is -2.14. The van der Waals surface area contributed by atoms with Crippen LogP contribution < -0.4 is 5.32 Å². The zero-order valence-corrected chi connectivity index (χ0v) is 6.44. The van der Waals surface area contributed by atoms with Crippen LogP contribution in [0, 0.1) is 0 Å². The van der Waals surface area contributed by atoms with Crippen molar-refractivity contribution in [3.63, 3.8) is 0 Å². The number of amides is 1. The van der Waals surface area contributed by atoms with E-state index in [0.717, 1.165) is 5.56 Å². The zero-order chi connectivity index (χ0) is 7.40. The molecule has 10 heavy (non-hydrogen) atoms. The predicted octanol–water partition coefficient (Wildman–Crippen LogP) is 1.47. The second-order valence-corrected chi connectivity index (χ2v) is 2.80. The molecule has 1 heterocycles. The molecule has 0 aliphatic carbocycles. The maximum Gasteiger partial charge on any atom is 0.309 e. The van der Waals surface area contributed by atoms with Crippen LogP contribution in [0.1, 0.15) is 18.5 Å². The molecule has 0 spiro atoms. The van der Waals surface area contributed by atoms with Crippen molar-refractivity contribution >= 4 is 17.7 Å². The summed E-state index contributed by atoms with van der Waals surface area (Å²) < 4.78 is 0. The Kier molecular flexibility index (Phi) is 2.45. The average molecular weight is 154 g/mol. The van der Waals surface area contributed by atoms with E-state index in [4.69, 9.17) is 0 Å². The Morgan fingerprint density at radius 1 is 1.80 bits per heavy atom. The van der Waals surface area contributed by atoms with E-state index < -0.39 is 0 Å². The molecule has 1 rings (SSSR count). The first-order chi connectivity index (χ1) is 4.84. The third-order valence-corrected chi connectivity index (χ3v) is 2.02. The third-order valence-electron chi connectivity index (χ3n) is 1.32. The van der Waals surface area contributed by atoms with E-state index in [1.807, 2.05) is 23.8 Å². The van der Waals surface area contributed by atoms with Gasteiger partial charge in [0.1, 0.15) is 0 Å². The summed E-state index contributed by atoms with van der Waals surface area (Å²) in [6.45, 7) is 1.92. The topological polar surface area (TPSA) is 29.1 Å². The van der Waals surface area contributed by atoms with Crippen LogP contribution in [0.2, 0.25) is 0 Å². The summed E-state index contributed by atoms with van der Waals surface area (Å²) >= 11 is 1.62. The smallest absolute Gasteiger partial charge is 0.309 e. The molecule has 1 N–H and O–H groups in total. The third kappa shape index (κ3) is 1.57. The van der Waals surface area contributed by atoms with Crippen molar-refractivity contribution < 1.29 is 4.79 Å². The standard InChI is InChI=1S/C7H8NOS/c1-6(8-5-9)7-2-3-10-4-7/h2-4,6H,1H3,(H,8,9). The van der Waals surface area contributed by atoms with Crippen molar-refractivity contribution in [3.05, 3.63) is 22.4 Å². The molecule has 3 heteroatoms. The molecule has 0 aliphatic heterocycles. The number of thiophene rings is 1. The quantitative estimate of drug-likeness (QED) is 0.656. The van der Waals surface area contributed by atoms with Gasteiger partial charge >= 0.3 is 6.41 Å². The van der Waals surface area contributed by atoms with Gasteiger partial charge in [0.2, 0.25) is 0 Å². The van der Waals surface area contributed by atoms with Gasteiger partial charge in [0.25, 0.3) is 0 Å². The van der Waals surface area contributed by atoms with Gasteiger partial charge in [-0.15, -0.1) is 0 Å². The molecule has 53 valence electrons. The van der Waals surface area contributed by atoms with E-state index in [2.05, 4.69) is 5.32 Å². The van der Waals surface area contributed by atoms with Gasteiger partial charge in [-0.3, -0.25) is 4.79 Å². The van der Waals surface area contributed by atoms with E-state index in [1.54, 1.807) is 17.7 Å². The van der Waals surface area contributed by atoms with E-state index in [0.29, 0.717) is 0 Å². The highest BCUT2D eigenvalue weighted by Gasteiger charge is 2.02. The SMILES string of the molecule is CC(N[C]=O)c1ccsc1. The number of rotatable bonds is 3. The lowest BCUT2D eigenvalue weighted by atomic mass is 10.2. The molecule has 0 aliphatic rings. The Morgan fingerprint density at radius 3 is 3.10 bits per heavy atom. The van der Waals surface area contributed by atoms with Crippen LogP contribution in [0.4, 0.5) is 0 Å². The van der Waals surface area contributed by atoms with Crippen LogP contribution in [0.5, 0.6) is 0 Å². The van der Waals surface area contributed by atoms with E-state index in [9.17, 15) is 4.79 Å². The summed E-state index contributed by atoms with van der Waals surface area (Å²) in [5.41, 5.74) is 1.13. The molecule has 1 radical (unpaired) electrons. The summed E-state index contributed by atoms with van der Waals surface area (Å²) in [4.78, 5) is 9.88. The molecular weight excluding hydrogens is 146 g/mol. The highest BCUT2D eigenvalue weighted by Crippen LogP contribution is 2.14. The molecule has 2 nitrogen and oxygen atoms in total. The number of nitrogens with one attached hydrogen (secondary N) is 1. The second-order valence-electron chi connectivity index (χ2n) is 2.02. The Bertz CT molecular complexity index is 195. The Hall–Kier alpha value is -0.830. The van der Waals surface area contributed by atoms with Crippen molar-refractivity contribution in [2.75, 3.05) is 0 Å². The average Bonchev–Trinajstić information content (AvgIpc) is 2.38. The maximum atomic E-state index is 9.88. The predicted molar refractivity (Wildman–Crippen MR) is 41.6 cm³/mol. The van der Waals surface area contributed by atoms with Crippen molar-refractivity contribution in [1.29, 1.82) is 0 Å². The molecule has 0 fully saturated rings. The van der Waals surface area contributed by atoms with E-state index in [1.165, 1.54) is 0 Å². The van der Waals surface area contributed by atoms with Crippen molar-refractivity contribution in [1.82, 2.24) is 5.32 Å². The molecule has 0 saturated heterocycles. The van der Waals surface area contributed by atoms with Gasteiger partial charge in [-0.1, -0.05) is 0 Å². The van der Waals surface area contributed by atoms with Crippen LogP contribution in [0.3, 0.4) is 0 Å². The summed E-state index contributed by atoms with van der Waals surface area (Å²) in [6, 6.07) is 2.07. The fraction of sp³-hybridized carbons (Fsp3) is 0.286. The first kappa shape index (κ1) is 7.28. The van der Waals surface area contributed by atoms with Gasteiger partial charge in [-0.2, -0.15) is 11.3 Å². The monoisotopic (exact) mass is 154 g/mol.